The number of benzene rings is 1. The molecule has 24 heavy (non-hydrogen) atoms. The van der Waals surface area contributed by atoms with Gasteiger partial charge in [0.2, 0.25) is 17.8 Å². The van der Waals surface area contributed by atoms with E-state index in [1.807, 2.05) is 24.3 Å². The molecule has 124 valence electrons. The number of hydrogen-bond acceptors (Lipinski definition) is 5. The Balaban J connectivity index is 1.60. The molecule has 0 saturated carbocycles. The summed E-state index contributed by atoms with van der Waals surface area (Å²) in [5, 5.41) is 12.9. The molecule has 0 bridgehead atoms. The van der Waals surface area contributed by atoms with E-state index in [9.17, 15) is 9.59 Å². The largest absolute Gasteiger partial charge is 0.324 e. The summed E-state index contributed by atoms with van der Waals surface area (Å²) in [5.41, 5.74) is 1.61. The Morgan fingerprint density at radius 2 is 2.04 bits per heavy atom. The molecule has 3 N–H and O–H groups in total. The molecule has 0 atom stereocenters. The number of para-hydroxylation sites is 2. The number of amides is 2. The molecule has 2 heterocycles. The van der Waals surface area contributed by atoms with Crippen LogP contribution in [0.25, 0.3) is 11.0 Å². The number of carbonyl (C=O) groups excluding carboxylic acids is 2. The Bertz CT molecular complexity index is 848. The zero-order valence-corrected chi connectivity index (χ0v) is 13.3. The lowest BCUT2D eigenvalue weighted by Gasteiger charge is -2.03. The molecular weight excluding hydrogens is 310 g/mol. The second kappa shape index (κ2) is 6.49. The van der Waals surface area contributed by atoms with Crippen LogP contribution in [-0.2, 0) is 16.1 Å². The number of H-pyrrole nitrogens is 1. The zero-order chi connectivity index (χ0) is 17.1. The first-order valence-corrected chi connectivity index (χ1v) is 7.47. The van der Waals surface area contributed by atoms with Crippen molar-refractivity contribution in [2.45, 2.75) is 20.4 Å². The quantitative estimate of drug-likeness (QED) is 0.654. The second-order valence-corrected chi connectivity index (χ2v) is 5.60. The summed E-state index contributed by atoms with van der Waals surface area (Å²) >= 11 is 0. The number of nitrogens with zero attached hydrogens (tertiary/aromatic N) is 4. The number of nitrogens with one attached hydrogen (secondary N) is 3. The zero-order valence-electron chi connectivity index (χ0n) is 13.3. The number of carbonyl (C=O) groups is 2. The van der Waals surface area contributed by atoms with Crippen molar-refractivity contribution in [2.75, 3.05) is 10.6 Å². The van der Waals surface area contributed by atoms with Crippen molar-refractivity contribution >= 4 is 34.6 Å². The van der Waals surface area contributed by atoms with Gasteiger partial charge in [0.05, 0.1) is 17.2 Å². The first kappa shape index (κ1) is 15.7. The van der Waals surface area contributed by atoms with Crippen LogP contribution in [-0.4, -0.2) is 36.8 Å². The summed E-state index contributed by atoms with van der Waals surface area (Å²) < 4.78 is 1.34. The fraction of sp³-hybridized carbons (Fsp3) is 0.267. The van der Waals surface area contributed by atoms with Crippen molar-refractivity contribution in [3.05, 3.63) is 30.5 Å². The highest BCUT2D eigenvalue weighted by Gasteiger charge is 2.12. The van der Waals surface area contributed by atoms with E-state index in [1.54, 1.807) is 13.8 Å². The number of imidazole rings is 1. The van der Waals surface area contributed by atoms with Crippen LogP contribution in [0.3, 0.4) is 0 Å². The third kappa shape index (κ3) is 3.57. The van der Waals surface area contributed by atoms with Gasteiger partial charge in [-0.1, -0.05) is 31.2 Å². The minimum Gasteiger partial charge on any atom is -0.324 e. The smallest absolute Gasteiger partial charge is 0.248 e. The molecule has 0 fully saturated rings. The minimum atomic E-state index is -0.305. The van der Waals surface area contributed by atoms with Crippen LogP contribution in [0.15, 0.2) is 30.5 Å². The monoisotopic (exact) mass is 327 g/mol. The maximum atomic E-state index is 12.1. The molecule has 9 heteroatoms. The predicted molar refractivity (Wildman–Crippen MR) is 88.2 cm³/mol. The van der Waals surface area contributed by atoms with Crippen LogP contribution >= 0.6 is 0 Å². The standard InChI is InChI=1S/C15H17N7O2/c1-9(2)14(24)18-12-7-22(21-20-12)8-13(23)19-15-16-10-5-3-4-6-11(10)17-15/h3-7,9H,8H2,1-2H3,(H,18,24)(H2,16,17,19,23). The molecule has 3 aromatic rings. The summed E-state index contributed by atoms with van der Waals surface area (Å²) in [5.74, 6) is 0.0564. The second-order valence-electron chi connectivity index (χ2n) is 5.60. The van der Waals surface area contributed by atoms with E-state index >= 15 is 0 Å². The van der Waals surface area contributed by atoms with E-state index < -0.39 is 0 Å². The predicted octanol–water partition coefficient (Wildman–Crippen LogP) is 1.39. The van der Waals surface area contributed by atoms with E-state index in [0.717, 1.165) is 11.0 Å². The van der Waals surface area contributed by atoms with E-state index in [1.165, 1.54) is 10.9 Å². The van der Waals surface area contributed by atoms with E-state index in [2.05, 4.69) is 30.9 Å². The first-order chi connectivity index (χ1) is 11.5. The van der Waals surface area contributed by atoms with Crippen LogP contribution in [0.4, 0.5) is 11.8 Å². The number of anilines is 2. The van der Waals surface area contributed by atoms with Crippen molar-refractivity contribution in [3.8, 4) is 0 Å². The molecular formula is C15H17N7O2. The van der Waals surface area contributed by atoms with Gasteiger partial charge in [0.1, 0.15) is 6.54 Å². The number of rotatable bonds is 5. The van der Waals surface area contributed by atoms with Crippen LogP contribution in [0, 0.1) is 5.92 Å². The molecule has 0 radical (unpaired) electrons. The number of hydrogen-bond donors (Lipinski definition) is 3. The average molecular weight is 327 g/mol. The SMILES string of the molecule is CC(C)C(=O)Nc1cn(CC(=O)Nc2nc3ccccc3[nH]2)nn1. The number of fused-ring (bicyclic) bond motifs is 1. The van der Waals surface area contributed by atoms with Gasteiger partial charge in [0, 0.05) is 5.92 Å². The molecule has 0 aliphatic rings. The molecule has 2 aromatic heterocycles. The van der Waals surface area contributed by atoms with Gasteiger partial charge in [-0.3, -0.25) is 14.9 Å². The maximum Gasteiger partial charge on any atom is 0.248 e. The van der Waals surface area contributed by atoms with E-state index in [4.69, 9.17) is 0 Å². The number of aromatic amines is 1. The third-order valence-electron chi connectivity index (χ3n) is 3.27. The van der Waals surface area contributed by atoms with Gasteiger partial charge in [0.15, 0.2) is 5.82 Å². The highest BCUT2D eigenvalue weighted by atomic mass is 16.2. The van der Waals surface area contributed by atoms with Crippen LogP contribution in [0.5, 0.6) is 0 Å². The Morgan fingerprint density at radius 1 is 1.25 bits per heavy atom. The molecule has 2 amide bonds. The van der Waals surface area contributed by atoms with Gasteiger partial charge in [-0.15, -0.1) is 5.10 Å². The fourth-order valence-electron chi connectivity index (χ4n) is 2.03. The van der Waals surface area contributed by atoms with Gasteiger partial charge in [0.25, 0.3) is 0 Å². The van der Waals surface area contributed by atoms with Crippen LogP contribution in [0.1, 0.15) is 13.8 Å². The van der Waals surface area contributed by atoms with Crippen LogP contribution < -0.4 is 10.6 Å². The molecule has 0 spiro atoms. The summed E-state index contributed by atoms with van der Waals surface area (Å²) in [6.07, 6.45) is 1.50. The maximum absolute atomic E-state index is 12.1. The normalized spacial score (nSPS) is 11.0. The first-order valence-electron chi connectivity index (χ1n) is 7.47. The van der Waals surface area contributed by atoms with E-state index in [0.29, 0.717) is 11.8 Å². The Kier molecular flexibility index (Phi) is 4.23. The van der Waals surface area contributed by atoms with Crippen molar-refractivity contribution in [2.24, 2.45) is 5.92 Å². The summed E-state index contributed by atoms with van der Waals surface area (Å²) in [7, 11) is 0. The fourth-order valence-corrected chi connectivity index (χ4v) is 2.03. The Labute approximate surface area is 137 Å². The average Bonchev–Trinajstić information content (AvgIpc) is 3.12. The van der Waals surface area contributed by atoms with Gasteiger partial charge in [-0.25, -0.2) is 9.67 Å². The molecule has 0 aliphatic carbocycles. The summed E-state index contributed by atoms with van der Waals surface area (Å²) in [6, 6.07) is 7.48. The molecule has 0 unspecified atom stereocenters. The molecule has 0 aliphatic heterocycles. The highest BCUT2D eigenvalue weighted by Crippen LogP contribution is 2.13. The van der Waals surface area contributed by atoms with Gasteiger partial charge in [-0.05, 0) is 12.1 Å². The van der Waals surface area contributed by atoms with Gasteiger partial charge in [-0.2, -0.15) is 0 Å². The Morgan fingerprint density at radius 3 is 2.79 bits per heavy atom. The summed E-state index contributed by atoms with van der Waals surface area (Å²) in [4.78, 5) is 30.9. The summed E-state index contributed by atoms with van der Waals surface area (Å²) in [6.45, 7) is 3.52. The topological polar surface area (TPSA) is 118 Å². The van der Waals surface area contributed by atoms with Crippen molar-refractivity contribution in [3.63, 3.8) is 0 Å². The van der Waals surface area contributed by atoms with Crippen molar-refractivity contribution in [1.29, 1.82) is 0 Å². The Hall–Kier alpha value is -3.23. The van der Waals surface area contributed by atoms with Crippen molar-refractivity contribution in [1.82, 2.24) is 25.0 Å². The number of aromatic nitrogens is 5. The van der Waals surface area contributed by atoms with Crippen molar-refractivity contribution < 1.29 is 9.59 Å². The lowest BCUT2D eigenvalue weighted by Crippen LogP contribution is -2.20. The molecule has 0 saturated heterocycles. The van der Waals surface area contributed by atoms with Gasteiger partial charge < -0.3 is 10.3 Å². The highest BCUT2D eigenvalue weighted by molar-refractivity contribution is 5.92. The minimum absolute atomic E-state index is 0.0401. The van der Waals surface area contributed by atoms with Gasteiger partial charge >= 0.3 is 0 Å². The lowest BCUT2D eigenvalue weighted by molar-refractivity contribution is -0.119. The molecule has 9 nitrogen and oxygen atoms in total. The lowest BCUT2D eigenvalue weighted by atomic mass is 10.2. The molecule has 3 rings (SSSR count). The van der Waals surface area contributed by atoms with E-state index in [-0.39, 0.29) is 24.3 Å². The molecule has 1 aromatic carbocycles. The van der Waals surface area contributed by atoms with Crippen LogP contribution in [0.2, 0.25) is 0 Å². The third-order valence-corrected chi connectivity index (χ3v) is 3.27.